The molecule has 0 amide bonds. The monoisotopic (exact) mass is 258 g/mol. The Kier molecular flexibility index (Phi) is 2.81. The van der Waals surface area contributed by atoms with E-state index in [-0.39, 0.29) is 5.82 Å². The van der Waals surface area contributed by atoms with Crippen LogP contribution in [0.1, 0.15) is 16.8 Å². The van der Waals surface area contributed by atoms with Gasteiger partial charge in [0.05, 0.1) is 0 Å². The Hall–Kier alpha value is -2.17. The van der Waals surface area contributed by atoms with Crippen molar-refractivity contribution >= 4 is 5.84 Å². The van der Waals surface area contributed by atoms with E-state index >= 15 is 0 Å². The lowest BCUT2D eigenvalue weighted by atomic mass is 10.1. The summed E-state index contributed by atoms with van der Waals surface area (Å²) in [5, 5.41) is 12.2. The summed E-state index contributed by atoms with van der Waals surface area (Å²) >= 11 is 0. The Morgan fingerprint density at radius 2 is 2.21 bits per heavy atom. The molecule has 0 saturated carbocycles. The maximum Gasteiger partial charge on any atom is 0.128 e. The van der Waals surface area contributed by atoms with Gasteiger partial charge in [-0.15, -0.1) is 0 Å². The molecule has 1 aliphatic rings. The molecular formula is C14H15FN4. The van der Waals surface area contributed by atoms with Crippen molar-refractivity contribution in [3.63, 3.8) is 0 Å². The first kappa shape index (κ1) is 11.9. The second-order valence-corrected chi connectivity index (χ2v) is 4.77. The maximum absolute atomic E-state index is 13.2. The Labute approximate surface area is 111 Å². The predicted octanol–water partition coefficient (Wildman–Crippen LogP) is 1.94. The molecule has 2 aromatic rings. The normalized spacial score (nSPS) is 14.0. The van der Waals surface area contributed by atoms with Gasteiger partial charge in [-0.1, -0.05) is 6.07 Å². The van der Waals surface area contributed by atoms with Gasteiger partial charge in [-0.05, 0) is 23.8 Å². The Balaban J connectivity index is 1.72. The van der Waals surface area contributed by atoms with E-state index in [1.54, 1.807) is 12.3 Å². The average molecular weight is 258 g/mol. The van der Waals surface area contributed by atoms with Crippen LogP contribution in [0.4, 0.5) is 4.39 Å². The van der Waals surface area contributed by atoms with Gasteiger partial charge < -0.3 is 4.90 Å². The van der Waals surface area contributed by atoms with Gasteiger partial charge in [0.25, 0.3) is 0 Å². The molecule has 0 spiro atoms. The van der Waals surface area contributed by atoms with Gasteiger partial charge in [-0.25, -0.2) is 4.39 Å². The summed E-state index contributed by atoms with van der Waals surface area (Å²) in [6.07, 6.45) is 2.60. The summed E-state index contributed by atoms with van der Waals surface area (Å²) < 4.78 is 15.0. The van der Waals surface area contributed by atoms with Crippen molar-refractivity contribution in [1.82, 2.24) is 14.7 Å². The largest absolute Gasteiger partial charge is 0.352 e. The number of nitrogens with zero attached hydrogens (tertiary/aromatic N) is 3. The molecule has 0 radical (unpaired) electrons. The van der Waals surface area contributed by atoms with Gasteiger partial charge in [0.1, 0.15) is 11.7 Å². The lowest BCUT2D eigenvalue weighted by molar-refractivity contribution is 0.426. The van der Waals surface area contributed by atoms with Gasteiger partial charge in [0.15, 0.2) is 0 Å². The second-order valence-electron chi connectivity index (χ2n) is 4.77. The van der Waals surface area contributed by atoms with Crippen molar-refractivity contribution < 1.29 is 4.39 Å². The van der Waals surface area contributed by atoms with Crippen LogP contribution in [0, 0.1) is 11.2 Å². The standard InChI is InChI=1S/C14H15FN4/c1-18-12(4-6-17-18)5-7-19-9-10-2-3-11(15)8-13(10)14(19)16/h2-4,6,8,16H,5,7,9H2,1H3. The fourth-order valence-electron chi connectivity index (χ4n) is 2.45. The van der Waals surface area contributed by atoms with E-state index in [1.807, 2.05) is 22.7 Å². The topological polar surface area (TPSA) is 44.9 Å². The van der Waals surface area contributed by atoms with E-state index in [2.05, 4.69) is 5.10 Å². The van der Waals surface area contributed by atoms with Crippen molar-refractivity contribution in [1.29, 1.82) is 5.41 Å². The first-order valence-corrected chi connectivity index (χ1v) is 6.24. The Morgan fingerprint density at radius 1 is 1.37 bits per heavy atom. The van der Waals surface area contributed by atoms with Crippen LogP contribution in [0.2, 0.25) is 0 Å². The first-order chi connectivity index (χ1) is 9.15. The van der Waals surface area contributed by atoms with Crippen molar-refractivity contribution in [2.75, 3.05) is 6.54 Å². The van der Waals surface area contributed by atoms with Crippen molar-refractivity contribution in [2.24, 2.45) is 7.05 Å². The molecule has 0 saturated heterocycles. The average Bonchev–Trinajstić information content (AvgIpc) is 2.93. The van der Waals surface area contributed by atoms with E-state index in [4.69, 9.17) is 5.41 Å². The zero-order valence-corrected chi connectivity index (χ0v) is 10.7. The number of aromatic nitrogens is 2. The van der Waals surface area contributed by atoms with Crippen LogP contribution >= 0.6 is 0 Å². The zero-order chi connectivity index (χ0) is 13.4. The molecule has 2 heterocycles. The number of rotatable bonds is 3. The molecule has 3 rings (SSSR count). The van der Waals surface area contributed by atoms with E-state index in [0.29, 0.717) is 17.9 Å². The smallest absolute Gasteiger partial charge is 0.128 e. The molecular weight excluding hydrogens is 243 g/mol. The van der Waals surface area contributed by atoms with Gasteiger partial charge in [0.2, 0.25) is 0 Å². The molecule has 0 unspecified atom stereocenters. The summed E-state index contributed by atoms with van der Waals surface area (Å²) in [6, 6.07) is 6.65. The molecule has 4 nitrogen and oxygen atoms in total. The molecule has 0 aliphatic carbocycles. The third-order valence-corrected chi connectivity index (χ3v) is 3.56. The van der Waals surface area contributed by atoms with Crippen LogP contribution in [0.25, 0.3) is 0 Å². The van der Waals surface area contributed by atoms with Crippen molar-refractivity contribution in [2.45, 2.75) is 13.0 Å². The minimum Gasteiger partial charge on any atom is -0.352 e. The molecule has 5 heteroatoms. The maximum atomic E-state index is 13.2. The molecule has 1 aromatic carbocycles. The molecule has 0 fully saturated rings. The fraction of sp³-hybridized carbons (Fsp3) is 0.286. The highest BCUT2D eigenvalue weighted by atomic mass is 19.1. The third-order valence-electron chi connectivity index (χ3n) is 3.56. The van der Waals surface area contributed by atoms with Crippen molar-refractivity contribution in [3.05, 3.63) is 53.1 Å². The number of hydrogen-bond acceptors (Lipinski definition) is 2. The third kappa shape index (κ3) is 2.12. The van der Waals surface area contributed by atoms with Crippen LogP contribution in [0.3, 0.4) is 0 Å². The van der Waals surface area contributed by atoms with Crippen LogP contribution in [-0.4, -0.2) is 27.1 Å². The minimum absolute atomic E-state index is 0.281. The van der Waals surface area contributed by atoms with E-state index in [9.17, 15) is 4.39 Å². The second kappa shape index (κ2) is 4.50. The highest BCUT2D eigenvalue weighted by molar-refractivity contribution is 6.00. The molecule has 0 atom stereocenters. The van der Waals surface area contributed by atoms with Crippen LogP contribution in [0.5, 0.6) is 0 Å². The Bertz CT molecular complexity index is 632. The number of aryl methyl sites for hydroxylation is 1. The number of amidine groups is 1. The van der Waals surface area contributed by atoms with Gasteiger partial charge in [-0.2, -0.15) is 5.10 Å². The van der Waals surface area contributed by atoms with E-state index < -0.39 is 0 Å². The number of fused-ring (bicyclic) bond motifs is 1. The van der Waals surface area contributed by atoms with Crippen LogP contribution in [0.15, 0.2) is 30.5 Å². The summed E-state index contributed by atoms with van der Waals surface area (Å²) in [5.74, 6) is 0.133. The fourth-order valence-corrected chi connectivity index (χ4v) is 2.45. The number of hydrogen-bond donors (Lipinski definition) is 1. The molecule has 0 bridgehead atoms. The lowest BCUT2D eigenvalue weighted by Crippen LogP contribution is -2.26. The van der Waals surface area contributed by atoms with Gasteiger partial charge in [0, 0.05) is 44.0 Å². The van der Waals surface area contributed by atoms with Crippen LogP contribution in [-0.2, 0) is 20.0 Å². The minimum atomic E-state index is -0.281. The summed E-state index contributed by atoms with van der Waals surface area (Å²) in [6.45, 7) is 1.43. The van der Waals surface area contributed by atoms with E-state index in [1.165, 1.54) is 12.1 Å². The SMILES string of the molecule is Cn1nccc1CCN1Cc2ccc(F)cc2C1=N. The van der Waals surface area contributed by atoms with Crippen LogP contribution < -0.4 is 0 Å². The van der Waals surface area contributed by atoms with Gasteiger partial charge in [-0.3, -0.25) is 10.1 Å². The number of halogens is 1. The molecule has 19 heavy (non-hydrogen) atoms. The summed E-state index contributed by atoms with van der Waals surface area (Å²) in [4.78, 5) is 1.97. The predicted molar refractivity (Wildman–Crippen MR) is 70.6 cm³/mol. The molecule has 1 N–H and O–H groups in total. The number of nitrogens with one attached hydrogen (secondary N) is 1. The van der Waals surface area contributed by atoms with E-state index in [0.717, 1.165) is 24.2 Å². The number of benzene rings is 1. The Morgan fingerprint density at radius 3 is 2.95 bits per heavy atom. The first-order valence-electron chi connectivity index (χ1n) is 6.24. The molecule has 1 aliphatic heterocycles. The summed E-state index contributed by atoms with van der Waals surface area (Å²) in [7, 11) is 1.91. The highest BCUT2D eigenvalue weighted by Gasteiger charge is 2.24. The highest BCUT2D eigenvalue weighted by Crippen LogP contribution is 2.23. The lowest BCUT2D eigenvalue weighted by Gasteiger charge is -2.17. The summed E-state index contributed by atoms with van der Waals surface area (Å²) in [5.41, 5.74) is 2.87. The van der Waals surface area contributed by atoms with Crippen molar-refractivity contribution in [3.8, 4) is 0 Å². The zero-order valence-electron chi connectivity index (χ0n) is 10.7. The quantitative estimate of drug-likeness (QED) is 0.914. The molecule has 1 aromatic heterocycles. The molecule has 98 valence electrons. The van der Waals surface area contributed by atoms with Gasteiger partial charge >= 0.3 is 0 Å².